The van der Waals surface area contributed by atoms with Crippen molar-refractivity contribution in [3.63, 3.8) is 0 Å². The molecule has 1 amide bonds. The Morgan fingerprint density at radius 3 is 2.54 bits per heavy atom. The molecule has 6 nitrogen and oxygen atoms in total. The average Bonchev–Trinajstić information content (AvgIpc) is 2.77. The maximum Gasteiger partial charge on any atom is 0.256 e. The predicted molar refractivity (Wildman–Crippen MR) is 108 cm³/mol. The molecule has 0 N–H and O–H groups in total. The Balaban J connectivity index is 1.38. The fourth-order valence-electron chi connectivity index (χ4n) is 3.43. The van der Waals surface area contributed by atoms with Gasteiger partial charge in [-0.3, -0.25) is 9.78 Å². The maximum absolute atomic E-state index is 12.6. The average molecular weight is 373 g/mol. The second-order valence-electron chi connectivity index (χ2n) is 7.04. The maximum atomic E-state index is 12.6. The number of hydrogen-bond acceptors (Lipinski definition) is 5. The number of hydrogen-bond donors (Lipinski definition) is 0. The van der Waals surface area contributed by atoms with Crippen LogP contribution in [0, 0.1) is 0 Å². The molecule has 4 rings (SSSR count). The van der Waals surface area contributed by atoms with E-state index in [0.29, 0.717) is 18.1 Å². The third kappa shape index (κ3) is 4.01. The van der Waals surface area contributed by atoms with E-state index in [2.05, 4.69) is 44.1 Å². The molecule has 3 aromatic rings. The van der Waals surface area contributed by atoms with Crippen molar-refractivity contribution < 1.29 is 4.79 Å². The van der Waals surface area contributed by atoms with Gasteiger partial charge in [0.1, 0.15) is 0 Å². The first-order valence-corrected chi connectivity index (χ1v) is 9.49. The quantitative estimate of drug-likeness (QED) is 0.688. The number of carbonyl (C=O) groups is 1. The van der Waals surface area contributed by atoms with Crippen molar-refractivity contribution in [2.75, 3.05) is 25.0 Å². The highest BCUT2D eigenvalue weighted by atomic mass is 16.2. The van der Waals surface area contributed by atoms with Crippen LogP contribution in [0.15, 0.2) is 61.2 Å². The van der Waals surface area contributed by atoms with E-state index in [1.54, 1.807) is 36.7 Å². The lowest BCUT2D eigenvalue weighted by Gasteiger charge is -2.28. The monoisotopic (exact) mass is 373 g/mol. The first-order valence-electron chi connectivity index (χ1n) is 9.49. The van der Waals surface area contributed by atoms with Crippen molar-refractivity contribution in [1.29, 1.82) is 0 Å². The summed E-state index contributed by atoms with van der Waals surface area (Å²) < 4.78 is 0. The van der Waals surface area contributed by atoms with Crippen LogP contribution in [0.3, 0.4) is 0 Å². The third-order valence-corrected chi connectivity index (χ3v) is 5.13. The van der Waals surface area contributed by atoms with Crippen LogP contribution < -0.4 is 4.90 Å². The molecule has 2 aromatic heterocycles. The number of pyridine rings is 1. The van der Waals surface area contributed by atoms with Crippen LogP contribution in [0.25, 0.3) is 0 Å². The van der Waals surface area contributed by atoms with Gasteiger partial charge in [-0.1, -0.05) is 24.3 Å². The largest absolute Gasteiger partial charge is 0.341 e. The standard InChI is InChI=1S/C22H23N5O/c1-26(12-8-17-6-10-23-11-7-17)21(28)20-14-24-22(25-15-20)27-13-9-18-4-2-3-5-19(18)16-27/h2-7,10-11,14-15H,8-9,12-13,16H2,1H3. The molecule has 0 radical (unpaired) electrons. The number of amides is 1. The molecular formula is C22H23N5O. The van der Waals surface area contributed by atoms with Crippen LogP contribution in [0.4, 0.5) is 5.95 Å². The van der Waals surface area contributed by atoms with Crippen molar-refractivity contribution in [1.82, 2.24) is 19.9 Å². The van der Waals surface area contributed by atoms with E-state index in [1.807, 2.05) is 12.1 Å². The molecule has 0 spiro atoms. The first-order chi connectivity index (χ1) is 13.7. The number of fused-ring (bicyclic) bond motifs is 1. The molecule has 0 fully saturated rings. The minimum atomic E-state index is -0.0652. The summed E-state index contributed by atoms with van der Waals surface area (Å²) in [6.45, 7) is 2.32. The highest BCUT2D eigenvalue weighted by Crippen LogP contribution is 2.21. The number of aromatic nitrogens is 3. The van der Waals surface area contributed by atoms with Crippen molar-refractivity contribution in [2.24, 2.45) is 0 Å². The fraction of sp³-hybridized carbons (Fsp3) is 0.273. The number of nitrogens with zero attached hydrogens (tertiary/aromatic N) is 5. The van der Waals surface area contributed by atoms with Crippen molar-refractivity contribution in [2.45, 2.75) is 19.4 Å². The third-order valence-electron chi connectivity index (χ3n) is 5.13. The molecule has 0 atom stereocenters. The number of anilines is 1. The summed E-state index contributed by atoms with van der Waals surface area (Å²) in [6, 6.07) is 12.4. The van der Waals surface area contributed by atoms with Crippen LogP contribution in [-0.4, -0.2) is 45.9 Å². The molecule has 0 bridgehead atoms. The van der Waals surface area contributed by atoms with Gasteiger partial charge in [0.25, 0.3) is 5.91 Å². The van der Waals surface area contributed by atoms with Gasteiger partial charge in [0, 0.05) is 51.5 Å². The smallest absolute Gasteiger partial charge is 0.256 e. The summed E-state index contributed by atoms with van der Waals surface area (Å²) in [6.07, 6.45) is 8.57. The van der Waals surface area contributed by atoms with Crippen molar-refractivity contribution >= 4 is 11.9 Å². The van der Waals surface area contributed by atoms with Gasteiger partial charge < -0.3 is 9.80 Å². The summed E-state index contributed by atoms with van der Waals surface area (Å²) in [4.78, 5) is 29.4. The van der Waals surface area contributed by atoms with E-state index in [-0.39, 0.29) is 5.91 Å². The van der Waals surface area contributed by atoms with Gasteiger partial charge in [-0.15, -0.1) is 0 Å². The minimum absolute atomic E-state index is 0.0652. The molecular weight excluding hydrogens is 350 g/mol. The molecule has 3 heterocycles. The number of carbonyl (C=O) groups excluding carboxylic acids is 1. The minimum Gasteiger partial charge on any atom is -0.341 e. The SMILES string of the molecule is CN(CCc1ccncc1)C(=O)c1cnc(N2CCc3ccccc3C2)nc1. The van der Waals surface area contributed by atoms with Crippen LogP contribution >= 0.6 is 0 Å². The Morgan fingerprint density at radius 2 is 1.79 bits per heavy atom. The summed E-state index contributed by atoms with van der Waals surface area (Å²) in [5.74, 6) is 0.607. The van der Waals surface area contributed by atoms with Gasteiger partial charge in [0.15, 0.2) is 0 Å². The van der Waals surface area contributed by atoms with Gasteiger partial charge in [-0.05, 0) is 41.7 Å². The Hall–Kier alpha value is -3.28. The fourth-order valence-corrected chi connectivity index (χ4v) is 3.43. The van der Waals surface area contributed by atoms with Gasteiger partial charge in [-0.25, -0.2) is 9.97 Å². The zero-order valence-electron chi connectivity index (χ0n) is 16.0. The molecule has 0 unspecified atom stereocenters. The first kappa shape index (κ1) is 18.1. The molecule has 0 aliphatic carbocycles. The van der Waals surface area contributed by atoms with E-state index in [4.69, 9.17) is 0 Å². The Morgan fingerprint density at radius 1 is 1.07 bits per heavy atom. The van der Waals surface area contributed by atoms with E-state index in [1.165, 1.54) is 11.1 Å². The summed E-state index contributed by atoms with van der Waals surface area (Å²) in [7, 11) is 1.80. The summed E-state index contributed by atoms with van der Waals surface area (Å²) in [5.41, 5.74) is 4.37. The Kier molecular flexibility index (Phi) is 5.28. The van der Waals surface area contributed by atoms with E-state index in [0.717, 1.165) is 31.5 Å². The molecule has 1 aliphatic heterocycles. The van der Waals surface area contributed by atoms with Gasteiger partial charge in [-0.2, -0.15) is 0 Å². The normalized spacial score (nSPS) is 13.1. The van der Waals surface area contributed by atoms with Gasteiger partial charge in [0.05, 0.1) is 5.56 Å². The summed E-state index contributed by atoms with van der Waals surface area (Å²) >= 11 is 0. The number of benzene rings is 1. The zero-order valence-corrected chi connectivity index (χ0v) is 16.0. The topological polar surface area (TPSA) is 62.2 Å². The molecule has 1 aliphatic rings. The second-order valence-corrected chi connectivity index (χ2v) is 7.04. The van der Waals surface area contributed by atoms with Gasteiger partial charge in [0.2, 0.25) is 5.95 Å². The molecule has 1 aromatic carbocycles. The zero-order chi connectivity index (χ0) is 19.3. The molecule has 142 valence electrons. The van der Waals surface area contributed by atoms with Crippen LogP contribution in [-0.2, 0) is 19.4 Å². The lowest BCUT2D eigenvalue weighted by atomic mass is 10.0. The lowest BCUT2D eigenvalue weighted by molar-refractivity contribution is 0.0796. The van der Waals surface area contributed by atoms with Gasteiger partial charge >= 0.3 is 0 Å². The van der Waals surface area contributed by atoms with E-state index < -0.39 is 0 Å². The lowest BCUT2D eigenvalue weighted by Crippen LogP contribution is -2.32. The van der Waals surface area contributed by atoms with Crippen LogP contribution in [0.5, 0.6) is 0 Å². The molecule has 6 heteroatoms. The van der Waals surface area contributed by atoms with Crippen molar-refractivity contribution in [3.05, 3.63) is 83.4 Å². The highest BCUT2D eigenvalue weighted by molar-refractivity contribution is 5.93. The molecule has 0 saturated heterocycles. The Labute approximate surface area is 164 Å². The summed E-state index contributed by atoms with van der Waals surface area (Å²) in [5, 5.41) is 0. The predicted octanol–water partition coefficient (Wildman–Crippen LogP) is 2.75. The van der Waals surface area contributed by atoms with Crippen molar-refractivity contribution in [3.8, 4) is 0 Å². The second kappa shape index (κ2) is 8.17. The number of rotatable bonds is 5. The van der Waals surface area contributed by atoms with Crippen LogP contribution in [0.2, 0.25) is 0 Å². The molecule has 28 heavy (non-hydrogen) atoms. The number of likely N-dealkylation sites (N-methyl/N-ethyl adjacent to an activating group) is 1. The van der Waals surface area contributed by atoms with Crippen LogP contribution in [0.1, 0.15) is 27.0 Å². The Bertz CT molecular complexity index is 943. The highest BCUT2D eigenvalue weighted by Gasteiger charge is 2.19. The molecule has 0 saturated carbocycles. The van der Waals surface area contributed by atoms with E-state index in [9.17, 15) is 4.79 Å². The van der Waals surface area contributed by atoms with E-state index >= 15 is 0 Å².